The normalized spacial score (nSPS) is 19.4. The molecule has 1 saturated heterocycles. The lowest BCUT2D eigenvalue weighted by molar-refractivity contribution is 0.0962. The van der Waals surface area contributed by atoms with Crippen LogP contribution in [0, 0.1) is 0 Å². The fraction of sp³-hybridized carbons (Fsp3) is 0.286. The maximum Gasteiger partial charge on any atom is 0.238 e. The quantitative estimate of drug-likeness (QED) is 0.805. The zero-order valence-electron chi connectivity index (χ0n) is 15.6. The molecule has 0 unspecified atom stereocenters. The molecule has 1 fully saturated rings. The summed E-state index contributed by atoms with van der Waals surface area (Å²) in [6, 6.07) is 11.9. The van der Waals surface area contributed by atoms with Gasteiger partial charge in [-0.05, 0) is 54.0 Å². The van der Waals surface area contributed by atoms with Gasteiger partial charge in [-0.1, -0.05) is 24.3 Å². The van der Waals surface area contributed by atoms with Crippen molar-refractivity contribution in [3.63, 3.8) is 0 Å². The second kappa shape index (κ2) is 7.85. The first-order valence-corrected chi connectivity index (χ1v) is 12.0. The van der Waals surface area contributed by atoms with E-state index in [1.807, 2.05) is 30.0 Å². The minimum absolute atomic E-state index is 0.0342. The van der Waals surface area contributed by atoms with Crippen LogP contribution in [0.15, 0.2) is 52.4 Å². The van der Waals surface area contributed by atoms with Crippen molar-refractivity contribution < 1.29 is 18.0 Å². The Morgan fingerprint density at radius 2 is 1.76 bits per heavy atom. The van der Waals surface area contributed by atoms with E-state index in [9.17, 15) is 18.0 Å². The van der Waals surface area contributed by atoms with E-state index in [1.54, 1.807) is 0 Å². The Bertz CT molecular complexity index is 1130. The maximum absolute atomic E-state index is 12.9. The predicted molar refractivity (Wildman–Crippen MR) is 114 cm³/mol. The number of Topliss-reactive ketones (excluding diaryl/α,β-unsaturated/α-hetero) is 2. The number of sulfonamides is 1. The first-order chi connectivity index (χ1) is 13.8. The highest BCUT2D eigenvalue weighted by molar-refractivity contribution is 7.99. The Morgan fingerprint density at radius 3 is 2.48 bits per heavy atom. The summed E-state index contributed by atoms with van der Waals surface area (Å²) in [5.41, 5.74) is 1.84. The molecule has 1 aliphatic heterocycles. The molecule has 0 atom stereocenters. The molecule has 0 spiro atoms. The van der Waals surface area contributed by atoms with Gasteiger partial charge in [0.15, 0.2) is 5.78 Å². The van der Waals surface area contributed by atoms with Crippen molar-refractivity contribution in [3.8, 4) is 0 Å². The van der Waals surface area contributed by atoms with Gasteiger partial charge in [-0.25, -0.2) is 18.5 Å². The van der Waals surface area contributed by atoms with Crippen molar-refractivity contribution in [1.29, 1.82) is 0 Å². The van der Waals surface area contributed by atoms with E-state index in [-0.39, 0.29) is 28.2 Å². The largest absolute Gasteiger partial charge is 0.294 e. The van der Waals surface area contributed by atoms with Gasteiger partial charge < -0.3 is 0 Å². The van der Waals surface area contributed by atoms with Crippen molar-refractivity contribution >= 4 is 44.8 Å². The van der Waals surface area contributed by atoms with Crippen LogP contribution >= 0.6 is 11.8 Å². The lowest BCUT2D eigenvalue weighted by Gasteiger charge is -2.22. The monoisotopic (exact) mass is 428 g/mol. The highest BCUT2D eigenvalue weighted by Crippen LogP contribution is 2.33. The molecule has 0 bridgehead atoms. The summed E-state index contributed by atoms with van der Waals surface area (Å²) in [6.45, 7) is 0. The Balaban J connectivity index is 1.71. The summed E-state index contributed by atoms with van der Waals surface area (Å²) in [5, 5.41) is 5.21. The molecular weight excluding hydrogens is 408 g/mol. The van der Waals surface area contributed by atoms with E-state index >= 15 is 0 Å². The number of benzene rings is 2. The zero-order chi connectivity index (χ0) is 20.6. The minimum Gasteiger partial charge on any atom is -0.294 e. The van der Waals surface area contributed by atoms with E-state index in [4.69, 9.17) is 5.14 Å². The molecule has 0 aromatic heterocycles. The molecule has 2 N–H and O–H groups in total. The number of fused-ring (bicyclic) bond motifs is 1. The third-order valence-electron chi connectivity index (χ3n) is 5.27. The molecule has 0 radical (unpaired) electrons. The van der Waals surface area contributed by atoms with Crippen LogP contribution in [0.3, 0.4) is 0 Å². The Hall–Kier alpha value is -2.29. The molecule has 8 heteroatoms. The lowest BCUT2D eigenvalue weighted by Crippen LogP contribution is -2.30. The zero-order valence-corrected chi connectivity index (χ0v) is 17.3. The predicted octanol–water partition coefficient (Wildman–Crippen LogP) is 3.49. The minimum atomic E-state index is -4.11. The Morgan fingerprint density at radius 1 is 1.03 bits per heavy atom. The standard InChI is InChI=1S/C21H20N2O4S2/c22-29(26,27)19-6-2-5-16-20(19)18(24)12-17(21(16)25)23-15-4-1-3-14(11-15)13-7-9-28-10-8-13/h1-6,11,13H,7-10,12H2,(H2,22,26,27). The van der Waals surface area contributed by atoms with E-state index in [0.29, 0.717) is 11.6 Å². The Labute approximate surface area is 173 Å². The van der Waals surface area contributed by atoms with E-state index < -0.39 is 21.6 Å². The number of thioether (sulfide) groups is 1. The van der Waals surface area contributed by atoms with Crippen LogP contribution in [0.25, 0.3) is 0 Å². The summed E-state index contributed by atoms with van der Waals surface area (Å²) in [6.07, 6.45) is 1.99. The summed E-state index contributed by atoms with van der Waals surface area (Å²) in [4.78, 5) is 29.7. The van der Waals surface area contributed by atoms with Crippen molar-refractivity contribution in [3.05, 3.63) is 59.2 Å². The molecule has 29 heavy (non-hydrogen) atoms. The van der Waals surface area contributed by atoms with Crippen LogP contribution in [0.5, 0.6) is 0 Å². The maximum atomic E-state index is 12.9. The second-order valence-corrected chi connectivity index (χ2v) is 9.95. The van der Waals surface area contributed by atoms with Gasteiger partial charge in [0, 0.05) is 11.1 Å². The van der Waals surface area contributed by atoms with Gasteiger partial charge in [0.05, 0.1) is 22.7 Å². The number of primary sulfonamides is 1. The average Bonchev–Trinajstić information content (AvgIpc) is 2.71. The van der Waals surface area contributed by atoms with Gasteiger partial charge in [0.1, 0.15) is 0 Å². The SMILES string of the molecule is NS(=O)(=O)c1cccc2c1C(=O)CC(=Nc1cccc(C3CCSCC3)c1)C2=O. The summed E-state index contributed by atoms with van der Waals surface area (Å²) >= 11 is 1.96. The summed E-state index contributed by atoms with van der Waals surface area (Å²) in [5.74, 6) is 1.85. The number of ketones is 2. The van der Waals surface area contributed by atoms with Crippen LogP contribution in [-0.4, -0.2) is 37.2 Å². The number of nitrogens with zero attached hydrogens (tertiary/aromatic N) is 1. The number of aliphatic imine (C=N–C) groups is 1. The molecule has 150 valence electrons. The molecule has 2 aromatic rings. The topological polar surface area (TPSA) is 107 Å². The van der Waals surface area contributed by atoms with Crippen LogP contribution in [0.2, 0.25) is 0 Å². The number of carbonyl (C=O) groups is 2. The van der Waals surface area contributed by atoms with E-state index in [0.717, 1.165) is 24.3 Å². The second-order valence-electron chi connectivity index (χ2n) is 7.19. The number of hydrogen-bond donors (Lipinski definition) is 1. The van der Waals surface area contributed by atoms with E-state index in [1.165, 1.54) is 23.8 Å². The summed E-state index contributed by atoms with van der Waals surface area (Å²) in [7, 11) is -4.11. The van der Waals surface area contributed by atoms with Crippen LogP contribution in [0.4, 0.5) is 5.69 Å². The molecule has 1 heterocycles. The molecular formula is C21H20N2O4S2. The molecule has 1 aliphatic carbocycles. The van der Waals surface area contributed by atoms with Crippen molar-refractivity contribution in [2.45, 2.75) is 30.1 Å². The fourth-order valence-corrected chi connectivity index (χ4v) is 5.73. The summed E-state index contributed by atoms with van der Waals surface area (Å²) < 4.78 is 23.6. The van der Waals surface area contributed by atoms with Crippen LogP contribution in [0.1, 0.15) is 51.5 Å². The first kappa shape index (κ1) is 20.0. The highest BCUT2D eigenvalue weighted by Gasteiger charge is 2.33. The fourth-order valence-electron chi connectivity index (χ4n) is 3.85. The molecule has 0 amide bonds. The number of nitrogens with two attached hydrogens (primary N) is 1. The van der Waals surface area contributed by atoms with Gasteiger partial charge in [-0.15, -0.1) is 0 Å². The van der Waals surface area contributed by atoms with Gasteiger partial charge in [-0.2, -0.15) is 11.8 Å². The van der Waals surface area contributed by atoms with Gasteiger partial charge in [0.2, 0.25) is 15.8 Å². The molecule has 2 aromatic carbocycles. The highest BCUT2D eigenvalue weighted by atomic mass is 32.2. The number of hydrogen-bond acceptors (Lipinski definition) is 6. The van der Waals surface area contributed by atoms with Crippen LogP contribution < -0.4 is 5.14 Å². The molecule has 2 aliphatic rings. The third-order valence-corrected chi connectivity index (χ3v) is 7.28. The average molecular weight is 429 g/mol. The third kappa shape index (κ3) is 4.05. The van der Waals surface area contributed by atoms with Gasteiger partial charge in [0.25, 0.3) is 0 Å². The van der Waals surface area contributed by atoms with E-state index in [2.05, 4.69) is 11.1 Å². The number of rotatable bonds is 3. The van der Waals surface area contributed by atoms with Crippen molar-refractivity contribution in [1.82, 2.24) is 0 Å². The molecule has 0 saturated carbocycles. The Kier molecular flexibility index (Phi) is 5.42. The van der Waals surface area contributed by atoms with Gasteiger partial charge >= 0.3 is 0 Å². The van der Waals surface area contributed by atoms with Crippen LogP contribution in [-0.2, 0) is 10.0 Å². The lowest BCUT2D eigenvalue weighted by atomic mass is 9.88. The van der Waals surface area contributed by atoms with Crippen molar-refractivity contribution in [2.24, 2.45) is 10.1 Å². The van der Waals surface area contributed by atoms with Crippen molar-refractivity contribution in [2.75, 3.05) is 11.5 Å². The molecule has 6 nitrogen and oxygen atoms in total. The molecule has 4 rings (SSSR count). The smallest absolute Gasteiger partial charge is 0.238 e. The number of carbonyl (C=O) groups excluding carboxylic acids is 2. The first-order valence-electron chi connectivity index (χ1n) is 9.33. The van der Waals surface area contributed by atoms with Gasteiger partial charge in [-0.3, -0.25) is 9.59 Å².